The van der Waals surface area contributed by atoms with E-state index in [1.54, 1.807) is 50.6 Å². The highest BCUT2D eigenvalue weighted by Gasteiger charge is 2.47. The largest absolute Gasteiger partial charge is 0.444 e. The minimum atomic E-state index is -1.86. The summed E-state index contributed by atoms with van der Waals surface area (Å²) in [5.74, 6) is 1.07. The third-order valence-corrected chi connectivity index (χ3v) is 6.73. The molecule has 1 aromatic carbocycles. The van der Waals surface area contributed by atoms with Gasteiger partial charge in [-0.25, -0.2) is 24.1 Å². The Labute approximate surface area is 225 Å². The van der Waals surface area contributed by atoms with Crippen LogP contribution < -0.4 is 4.74 Å². The zero-order valence-corrected chi connectivity index (χ0v) is 22.7. The van der Waals surface area contributed by atoms with Gasteiger partial charge in [-0.05, 0) is 51.5 Å². The first-order valence-electron chi connectivity index (χ1n) is 12.3. The highest BCUT2D eigenvalue weighted by molar-refractivity contribution is 6.35. The van der Waals surface area contributed by atoms with E-state index in [1.165, 1.54) is 11.2 Å². The fourth-order valence-electron chi connectivity index (χ4n) is 4.86. The molecule has 198 valence electrons. The van der Waals surface area contributed by atoms with Crippen LogP contribution in [0.15, 0.2) is 48.8 Å². The molecule has 1 aliphatic heterocycles. The maximum absolute atomic E-state index is 16.9. The second-order valence-corrected chi connectivity index (χ2v) is 10.9. The smallest absolute Gasteiger partial charge is 0.410 e. The molecule has 0 radical (unpaired) electrons. The van der Waals surface area contributed by atoms with E-state index in [-0.39, 0.29) is 24.7 Å². The van der Waals surface area contributed by atoms with Crippen LogP contribution in [0.3, 0.4) is 0 Å². The molecule has 4 heterocycles. The van der Waals surface area contributed by atoms with Gasteiger partial charge in [-0.3, -0.25) is 0 Å². The average molecular weight is 538 g/mol. The number of rotatable bonds is 4. The molecule has 0 N–H and O–H groups in total. The minimum absolute atomic E-state index is 0.106. The summed E-state index contributed by atoms with van der Waals surface area (Å²) < 4.78 is 30.0. The number of carbonyl (C=O) groups is 1. The molecule has 0 saturated carbocycles. The lowest BCUT2D eigenvalue weighted by molar-refractivity contribution is 0.0254. The number of benzene rings is 1. The summed E-state index contributed by atoms with van der Waals surface area (Å²) in [6, 6.07) is 12.8. The van der Waals surface area contributed by atoms with Crippen molar-refractivity contribution in [2.45, 2.75) is 45.4 Å². The van der Waals surface area contributed by atoms with Crippen molar-refractivity contribution in [2.24, 2.45) is 7.05 Å². The molecule has 1 aliphatic rings. The van der Waals surface area contributed by atoms with E-state index in [4.69, 9.17) is 21.1 Å². The predicted molar refractivity (Wildman–Crippen MR) is 143 cm³/mol. The fraction of sp³-hybridized carbons (Fsp3) is 0.357. The number of hydrogen-bond donors (Lipinski definition) is 0. The summed E-state index contributed by atoms with van der Waals surface area (Å²) in [6.45, 7) is 7.33. The Balaban J connectivity index is 1.55. The van der Waals surface area contributed by atoms with Gasteiger partial charge in [0.1, 0.15) is 28.5 Å². The third kappa shape index (κ3) is 4.90. The Morgan fingerprint density at radius 2 is 1.87 bits per heavy atom. The van der Waals surface area contributed by atoms with Crippen LogP contribution in [-0.2, 0) is 17.5 Å². The number of aromatic nitrogens is 4. The van der Waals surface area contributed by atoms with Crippen LogP contribution in [0.2, 0.25) is 5.15 Å². The first-order valence-corrected chi connectivity index (χ1v) is 12.7. The fourth-order valence-corrected chi connectivity index (χ4v) is 5.08. The Morgan fingerprint density at radius 1 is 1.13 bits per heavy atom. The number of carbonyl (C=O) groups excluding carboxylic acids is 1. The number of nitrogens with zero attached hydrogens (tertiary/aromatic N) is 5. The van der Waals surface area contributed by atoms with Gasteiger partial charge >= 0.3 is 6.09 Å². The number of pyridine rings is 1. The number of alkyl halides is 1. The number of hydrogen-bond acceptors (Lipinski definition) is 6. The Hall–Kier alpha value is -3.72. The van der Waals surface area contributed by atoms with Crippen LogP contribution in [0.1, 0.15) is 38.6 Å². The van der Waals surface area contributed by atoms with Gasteiger partial charge < -0.3 is 18.9 Å². The monoisotopic (exact) mass is 537 g/mol. The second kappa shape index (κ2) is 9.54. The molecule has 4 aromatic rings. The van der Waals surface area contributed by atoms with Gasteiger partial charge in [0.25, 0.3) is 0 Å². The van der Waals surface area contributed by atoms with Crippen molar-refractivity contribution >= 4 is 28.7 Å². The van der Waals surface area contributed by atoms with Crippen LogP contribution in [0.4, 0.5) is 9.18 Å². The number of amides is 1. The lowest BCUT2D eigenvalue weighted by Gasteiger charge is -2.26. The summed E-state index contributed by atoms with van der Waals surface area (Å²) in [7, 11) is 1.75. The number of aryl methyl sites for hydroxylation is 2. The standard InChI is InChI=1S/C28H29ClFN5O3/c1-17-7-6-8-20(33-17)37-19-11-9-18(10-12-19)21-22-24(29)31-16-32-25(22)34(5)23(21)28(30)13-14-35(15-28)26(36)38-27(2,3)4/h6-12,16H,13-15H2,1-5H3. The average Bonchev–Trinajstić information content (AvgIpc) is 3.38. The first kappa shape index (κ1) is 25.9. The molecule has 3 aromatic heterocycles. The molecule has 8 nitrogen and oxygen atoms in total. The zero-order valence-electron chi connectivity index (χ0n) is 22.0. The molecule has 5 rings (SSSR count). The molecule has 10 heteroatoms. The van der Waals surface area contributed by atoms with Crippen molar-refractivity contribution in [1.29, 1.82) is 0 Å². The van der Waals surface area contributed by atoms with E-state index in [0.29, 0.717) is 33.9 Å². The molecule has 1 unspecified atom stereocenters. The molecule has 1 atom stereocenters. The van der Waals surface area contributed by atoms with Crippen LogP contribution in [0.5, 0.6) is 11.6 Å². The summed E-state index contributed by atoms with van der Waals surface area (Å²) in [5, 5.41) is 0.773. The quantitative estimate of drug-likeness (QED) is 0.273. The van der Waals surface area contributed by atoms with Crippen molar-refractivity contribution in [3.8, 4) is 22.8 Å². The van der Waals surface area contributed by atoms with Gasteiger partial charge in [0, 0.05) is 37.3 Å². The van der Waals surface area contributed by atoms with Gasteiger partial charge in [0.2, 0.25) is 5.88 Å². The molecule has 1 fully saturated rings. The lowest BCUT2D eigenvalue weighted by Crippen LogP contribution is -2.37. The molecule has 1 amide bonds. The summed E-state index contributed by atoms with van der Waals surface area (Å²) in [6.07, 6.45) is 0.923. The molecule has 38 heavy (non-hydrogen) atoms. The van der Waals surface area contributed by atoms with E-state index in [2.05, 4.69) is 15.0 Å². The number of fused-ring (bicyclic) bond motifs is 1. The second-order valence-electron chi connectivity index (χ2n) is 10.5. The number of likely N-dealkylation sites (tertiary alicyclic amines) is 1. The SMILES string of the molecule is Cc1cccc(Oc2ccc(-c3c(C4(F)CCN(C(=O)OC(C)(C)C)C4)n(C)c4ncnc(Cl)c34)cc2)n1. The first-order chi connectivity index (χ1) is 17.9. The molecular weight excluding hydrogens is 509 g/mol. The van der Waals surface area contributed by atoms with Gasteiger partial charge in [0.15, 0.2) is 5.67 Å². The van der Waals surface area contributed by atoms with Gasteiger partial charge in [0.05, 0.1) is 17.6 Å². The van der Waals surface area contributed by atoms with Crippen LogP contribution in [0.25, 0.3) is 22.2 Å². The van der Waals surface area contributed by atoms with E-state index < -0.39 is 17.4 Å². The lowest BCUT2D eigenvalue weighted by atomic mass is 9.92. The molecule has 0 aliphatic carbocycles. The minimum Gasteiger partial charge on any atom is -0.444 e. The van der Waals surface area contributed by atoms with E-state index >= 15 is 4.39 Å². The highest BCUT2D eigenvalue weighted by Crippen LogP contribution is 2.47. The van der Waals surface area contributed by atoms with E-state index in [1.807, 2.05) is 31.2 Å². The topological polar surface area (TPSA) is 82.4 Å². The summed E-state index contributed by atoms with van der Waals surface area (Å²) in [5.41, 5.74) is 0.513. The zero-order chi connectivity index (χ0) is 27.2. The van der Waals surface area contributed by atoms with Crippen LogP contribution in [0, 0.1) is 6.92 Å². The Morgan fingerprint density at radius 3 is 2.55 bits per heavy atom. The van der Waals surface area contributed by atoms with Crippen LogP contribution >= 0.6 is 11.6 Å². The molecule has 0 spiro atoms. The molecule has 1 saturated heterocycles. The highest BCUT2D eigenvalue weighted by atomic mass is 35.5. The van der Waals surface area contributed by atoms with Crippen molar-refractivity contribution in [1.82, 2.24) is 24.4 Å². The maximum atomic E-state index is 16.9. The van der Waals surface area contributed by atoms with Gasteiger partial charge in [-0.15, -0.1) is 0 Å². The van der Waals surface area contributed by atoms with Crippen molar-refractivity contribution in [3.63, 3.8) is 0 Å². The summed E-state index contributed by atoms with van der Waals surface area (Å²) in [4.78, 5) is 27.1. The molecular formula is C28H29ClFN5O3. The normalized spacial score (nSPS) is 17.7. The number of halogens is 2. The summed E-state index contributed by atoms with van der Waals surface area (Å²) >= 11 is 6.55. The maximum Gasteiger partial charge on any atom is 0.410 e. The van der Waals surface area contributed by atoms with Crippen molar-refractivity contribution in [2.75, 3.05) is 13.1 Å². The van der Waals surface area contributed by atoms with Crippen molar-refractivity contribution < 1.29 is 18.7 Å². The van der Waals surface area contributed by atoms with Gasteiger partial charge in [-0.2, -0.15) is 0 Å². The Bertz CT molecular complexity index is 1520. The van der Waals surface area contributed by atoms with Crippen molar-refractivity contribution in [3.05, 3.63) is 65.3 Å². The van der Waals surface area contributed by atoms with Gasteiger partial charge in [-0.1, -0.05) is 29.8 Å². The number of ether oxygens (including phenoxy) is 2. The third-order valence-electron chi connectivity index (χ3n) is 6.44. The van der Waals surface area contributed by atoms with E-state index in [0.717, 1.165) is 11.3 Å². The van der Waals surface area contributed by atoms with E-state index in [9.17, 15) is 4.79 Å². The predicted octanol–water partition coefficient (Wildman–Crippen LogP) is 6.59. The van der Waals surface area contributed by atoms with Crippen LogP contribution in [-0.4, -0.2) is 49.2 Å². The Kier molecular flexibility index (Phi) is 6.51. The molecule has 0 bridgehead atoms.